The molecule has 0 saturated carbocycles. The zero-order valence-corrected chi connectivity index (χ0v) is 15.1. The molecule has 0 saturated heterocycles. The predicted octanol–water partition coefficient (Wildman–Crippen LogP) is 2.70. The fourth-order valence-corrected chi connectivity index (χ4v) is 4.28. The van der Waals surface area contributed by atoms with Gasteiger partial charge in [-0.15, -0.1) is 11.3 Å². The van der Waals surface area contributed by atoms with Crippen LogP contribution < -0.4 is 14.8 Å². The van der Waals surface area contributed by atoms with Gasteiger partial charge < -0.3 is 14.8 Å². The number of ether oxygens (including phenoxy) is 2. The van der Waals surface area contributed by atoms with Gasteiger partial charge in [-0.1, -0.05) is 24.3 Å². The van der Waals surface area contributed by atoms with Crippen molar-refractivity contribution in [3.8, 4) is 11.5 Å². The Balaban J connectivity index is 1.36. The molecular weight excluding hydrogens is 336 g/mol. The number of carbonyl (C=O) groups excluding carboxylic acids is 1. The molecule has 3 heterocycles. The summed E-state index contributed by atoms with van der Waals surface area (Å²) in [6, 6.07) is 8.67. The number of hydrogen-bond donors (Lipinski definition) is 1. The van der Waals surface area contributed by atoms with E-state index in [0.29, 0.717) is 29.6 Å². The molecule has 6 heteroatoms. The zero-order valence-electron chi connectivity index (χ0n) is 14.3. The average molecular weight is 358 g/mol. The zero-order chi connectivity index (χ0) is 17.2. The van der Waals surface area contributed by atoms with Crippen molar-refractivity contribution < 1.29 is 14.3 Å². The lowest BCUT2D eigenvalue weighted by atomic mass is 10.00. The molecule has 0 aliphatic carbocycles. The van der Waals surface area contributed by atoms with Gasteiger partial charge in [-0.25, -0.2) is 0 Å². The number of nitrogens with zero attached hydrogens (tertiary/aromatic N) is 1. The number of thiophene rings is 1. The van der Waals surface area contributed by atoms with Gasteiger partial charge >= 0.3 is 0 Å². The molecule has 1 N–H and O–H groups in total. The van der Waals surface area contributed by atoms with E-state index in [1.807, 2.05) is 5.38 Å². The summed E-state index contributed by atoms with van der Waals surface area (Å²) in [6.07, 6.45) is 1.07. The average Bonchev–Trinajstić information content (AvgIpc) is 3.05. The summed E-state index contributed by atoms with van der Waals surface area (Å²) >= 11 is 1.38. The molecule has 2 aromatic rings. The molecule has 1 aromatic carbocycles. The highest BCUT2D eigenvalue weighted by atomic mass is 32.1. The standard InChI is InChI=1S/C19H22N2O3S/c1-13(10-21-7-6-14-4-2-3-5-15(14)11-21)20-19(22)18-17-16(12-25-18)23-8-9-24-17/h2-5,12-13H,6-11H2,1H3,(H,20,22). The van der Waals surface area contributed by atoms with Crippen LogP contribution in [0.2, 0.25) is 0 Å². The van der Waals surface area contributed by atoms with Crippen molar-refractivity contribution in [3.05, 3.63) is 45.6 Å². The van der Waals surface area contributed by atoms with Crippen molar-refractivity contribution in [1.29, 1.82) is 0 Å². The van der Waals surface area contributed by atoms with Crippen LogP contribution in [0.3, 0.4) is 0 Å². The Hall–Kier alpha value is -2.05. The third-order valence-corrected chi connectivity index (χ3v) is 5.57. The van der Waals surface area contributed by atoms with E-state index in [0.717, 1.165) is 26.1 Å². The van der Waals surface area contributed by atoms with Crippen molar-refractivity contribution in [2.24, 2.45) is 0 Å². The Bertz CT molecular complexity index is 774. The number of carbonyl (C=O) groups is 1. The Labute approximate surface area is 151 Å². The van der Waals surface area contributed by atoms with E-state index >= 15 is 0 Å². The fraction of sp³-hybridized carbons (Fsp3) is 0.421. The summed E-state index contributed by atoms with van der Waals surface area (Å²) in [5.41, 5.74) is 2.84. The first-order chi connectivity index (χ1) is 12.2. The van der Waals surface area contributed by atoms with Gasteiger partial charge in [0.05, 0.1) is 0 Å². The van der Waals surface area contributed by atoms with E-state index < -0.39 is 0 Å². The lowest BCUT2D eigenvalue weighted by molar-refractivity contribution is 0.0922. The van der Waals surface area contributed by atoms with Gasteiger partial charge in [-0.3, -0.25) is 9.69 Å². The first-order valence-corrected chi connectivity index (χ1v) is 9.56. The molecule has 1 aromatic heterocycles. The summed E-state index contributed by atoms with van der Waals surface area (Å²) in [6.45, 7) is 5.90. The summed E-state index contributed by atoms with van der Waals surface area (Å²) in [5, 5.41) is 4.94. The molecule has 0 spiro atoms. The number of amides is 1. The maximum Gasteiger partial charge on any atom is 0.265 e. The minimum atomic E-state index is -0.0818. The molecule has 0 radical (unpaired) electrons. The van der Waals surface area contributed by atoms with E-state index in [-0.39, 0.29) is 11.9 Å². The number of benzene rings is 1. The molecular formula is C19H22N2O3S. The SMILES string of the molecule is CC(CN1CCc2ccccc2C1)NC(=O)c1scc2c1OCCO2. The van der Waals surface area contributed by atoms with Gasteiger partial charge in [0.15, 0.2) is 11.5 Å². The third kappa shape index (κ3) is 3.50. The second-order valence-corrected chi connectivity index (χ2v) is 7.46. The van der Waals surface area contributed by atoms with Gasteiger partial charge in [0, 0.05) is 31.1 Å². The molecule has 1 amide bonds. The van der Waals surface area contributed by atoms with Crippen LogP contribution in [-0.4, -0.2) is 43.2 Å². The topological polar surface area (TPSA) is 50.8 Å². The molecule has 4 rings (SSSR count). The quantitative estimate of drug-likeness (QED) is 0.913. The van der Waals surface area contributed by atoms with E-state index in [1.165, 1.54) is 22.5 Å². The van der Waals surface area contributed by atoms with Gasteiger partial charge in [0.2, 0.25) is 0 Å². The van der Waals surface area contributed by atoms with Crippen molar-refractivity contribution in [1.82, 2.24) is 10.2 Å². The second-order valence-electron chi connectivity index (χ2n) is 6.58. The number of fused-ring (bicyclic) bond motifs is 2. The fourth-order valence-electron chi connectivity index (χ4n) is 3.45. The van der Waals surface area contributed by atoms with Crippen LogP contribution in [0, 0.1) is 0 Å². The van der Waals surface area contributed by atoms with Gasteiger partial charge in [0.25, 0.3) is 5.91 Å². The first kappa shape index (κ1) is 16.4. The maximum atomic E-state index is 12.6. The molecule has 5 nitrogen and oxygen atoms in total. The van der Waals surface area contributed by atoms with Crippen LogP contribution in [0.4, 0.5) is 0 Å². The minimum absolute atomic E-state index is 0.0695. The molecule has 25 heavy (non-hydrogen) atoms. The van der Waals surface area contributed by atoms with E-state index in [4.69, 9.17) is 9.47 Å². The maximum absolute atomic E-state index is 12.6. The summed E-state index contributed by atoms with van der Waals surface area (Å²) in [5.74, 6) is 1.19. The minimum Gasteiger partial charge on any atom is -0.485 e. The summed E-state index contributed by atoms with van der Waals surface area (Å²) in [4.78, 5) is 15.6. The van der Waals surface area contributed by atoms with Crippen molar-refractivity contribution in [2.75, 3.05) is 26.3 Å². The Morgan fingerprint density at radius 3 is 2.96 bits per heavy atom. The molecule has 2 aliphatic rings. The summed E-state index contributed by atoms with van der Waals surface area (Å²) in [7, 11) is 0. The lowest BCUT2D eigenvalue weighted by Crippen LogP contribution is -2.43. The van der Waals surface area contributed by atoms with Crippen LogP contribution in [-0.2, 0) is 13.0 Å². The Kier molecular flexibility index (Phi) is 4.63. The van der Waals surface area contributed by atoms with Crippen LogP contribution in [0.1, 0.15) is 27.7 Å². The van der Waals surface area contributed by atoms with Crippen molar-refractivity contribution in [3.63, 3.8) is 0 Å². The largest absolute Gasteiger partial charge is 0.485 e. The van der Waals surface area contributed by atoms with Gasteiger partial charge in [-0.05, 0) is 24.5 Å². The third-order valence-electron chi connectivity index (χ3n) is 4.63. The van der Waals surface area contributed by atoms with Crippen LogP contribution >= 0.6 is 11.3 Å². The van der Waals surface area contributed by atoms with Crippen molar-refractivity contribution >= 4 is 17.2 Å². The van der Waals surface area contributed by atoms with Gasteiger partial charge in [-0.2, -0.15) is 0 Å². The number of hydrogen-bond acceptors (Lipinski definition) is 5. The van der Waals surface area contributed by atoms with Crippen LogP contribution in [0.5, 0.6) is 11.5 Å². The Morgan fingerprint density at radius 1 is 1.28 bits per heavy atom. The highest BCUT2D eigenvalue weighted by molar-refractivity contribution is 7.12. The monoisotopic (exact) mass is 358 g/mol. The molecule has 2 aliphatic heterocycles. The number of rotatable bonds is 4. The molecule has 1 atom stereocenters. The van der Waals surface area contributed by atoms with Gasteiger partial charge in [0.1, 0.15) is 18.1 Å². The summed E-state index contributed by atoms with van der Waals surface area (Å²) < 4.78 is 11.1. The number of nitrogens with one attached hydrogen (secondary N) is 1. The first-order valence-electron chi connectivity index (χ1n) is 8.68. The van der Waals surface area contributed by atoms with E-state index in [2.05, 4.69) is 41.4 Å². The van der Waals surface area contributed by atoms with Crippen LogP contribution in [0.15, 0.2) is 29.6 Å². The molecule has 132 valence electrons. The molecule has 0 fully saturated rings. The van der Waals surface area contributed by atoms with E-state index in [1.54, 1.807) is 0 Å². The van der Waals surface area contributed by atoms with Crippen LogP contribution in [0.25, 0.3) is 0 Å². The lowest BCUT2D eigenvalue weighted by Gasteiger charge is -2.31. The highest BCUT2D eigenvalue weighted by Crippen LogP contribution is 2.39. The smallest absolute Gasteiger partial charge is 0.265 e. The predicted molar refractivity (Wildman–Crippen MR) is 97.7 cm³/mol. The van der Waals surface area contributed by atoms with E-state index in [9.17, 15) is 4.79 Å². The molecule has 1 unspecified atom stereocenters. The van der Waals surface area contributed by atoms with Crippen molar-refractivity contribution in [2.45, 2.75) is 25.9 Å². The highest BCUT2D eigenvalue weighted by Gasteiger charge is 2.25. The second kappa shape index (κ2) is 7.06. The Morgan fingerprint density at radius 2 is 2.08 bits per heavy atom. The molecule has 0 bridgehead atoms. The normalized spacial score (nSPS) is 17.6.